The van der Waals surface area contributed by atoms with Crippen molar-refractivity contribution in [3.05, 3.63) is 65.5 Å². The molecule has 1 heterocycles. The summed E-state index contributed by atoms with van der Waals surface area (Å²) in [7, 11) is 2.02. The van der Waals surface area contributed by atoms with Gasteiger partial charge in [0.1, 0.15) is 5.82 Å². The predicted octanol–water partition coefficient (Wildman–Crippen LogP) is 2.34. The molecule has 0 unspecified atom stereocenters. The number of hydrogen-bond donors (Lipinski definition) is 1. The third-order valence-electron chi connectivity index (χ3n) is 4.96. The van der Waals surface area contributed by atoms with E-state index in [1.165, 1.54) is 6.07 Å². The number of nitrogens with zero attached hydrogens (tertiary/aromatic N) is 3. The largest absolute Gasteiger partial charge is 0.324 e. The van der Waals surface area contributed by atoms with Gasteiger partial charge in [0.2, 0.25) is 0 Å². The van der Waals surface area contributed by atoms with Crippen LogP contribution >= 0.6 is 0 Å². The Hall–Kier alpha value is -2.77. The van der Waals surface area contributed by atoms with E-state index in [-0.39, 0.29) is 30.5 Å². The number of para-hydroxylation sites is 1. The summed E-state index contributed by atoms with van der Waals surface area (Å²) >= 11 is 0. The number of carbonyl (C=O) groups is 2. The van der Waals surface area contributed by atoms with Gasteiger partial charge in [0.15, 0.2) is 5.78 Å². The maximum Gasteiger partial charge on any atom is 0.324 e. The molecule has 0 spiro atoms. The number of ketones is 1. The first kappa shape index (κ1) is 20.0. The van der Waals surface area contributed by atoms with Crippen LogP contribution in [0.5, 0.6) is 0 Å². The Morgan fingerprint density at radius 1 is 1.07 bits per heavy atom. The Morgan fingerprint density at radius 2 is 1.75 bits per heavy atom. The fourth-order valence-corrected chi connectivity index (χ4v) is 3.18. The van der Waals surface area contributed by atoms with Crippen LogP contribution in [0, 0.1) is 5.82 Å². The molecule has 0 radical (unpaired) electrons. The lowest BCUT2D eigenvalue weighted by Crippen LogP contribution is -2.52. The third-order valence-corrected chi connectivity index (χ3v) is 4.96. The number of rotatable bonds is 5. The Bertz CT molecular complexity index is 836. The molecular weight excluding hydrogens is 359 g/mol. The number of carbonyl (C=O) groups excluding carboxylic acids is 2. The minimum absolute atomic E-state index is 0.0815. The second-order valence-electron chi connectivity index (χ2n) is 6.93. The van der Waals surface area contributed by atoms with Crippen LogP contribution in [0.15, 0.2) is 48.5 Å². The quantitative estimate of drug-likeness (QED) is 0.804. The lowest BCUT2D eigenvalue weighted by atomic mass is 10.1. The Labute approximate surface area is 164 Å². The van der Waals surface area contributed by atoms with E-state index in [9.17, 15) is 14.0 Å². The molecular formula is C21H25FN4O2. The fourth-order valence-electron chi connectivity index (χ4n) is 3.18. The smallest absolute Gasteiger partial charge is 0.324 e. The van der Waals surface area contributed by atoms with Gasteiger partial charge in [-0.25, -0.2) is 9.18 Å². The lowest BCUT2D eigenvalue weighted by Gasteiger charge is -2.36. The van der Waals surface area contributed by atoms with Crippen molar-refractivity contribution in [3.63, 3.8) is 0 Å². The monoisotopic (exact) mass is 384 g/mol. The number of halogens is 1. The van der Waals surface area contributed by atoms with Crippen LogP contribution in [0.2, 0.25) is 0 Å². The fraction of sp³-hybridized carbons (Fsp3) is 0.333. The van der Waals surface area contributed by atoms with Gasteiger partial charge in [0.05, 0.1) is 13.1 Å². The van der Waals surface area contributed by atoms with Gasteiger partial charge in [-0.05, 0) is 25.2 Å². The van der Waals surface area contributed by atoms with Crippen LogP contribution < -0.4 is 10.6 Å². The van der Waals surface area contributed by atoms with Crippen LogP contribution in [0.4, 0.5) is 14.9 Å². The second kappa shape index (κ2) is 8.95. The van der Waals surface area contributed by atoms with Gasteiger partial charge in [-0.3, -0.25) is 9.69 Å². The highest BCUT2D eigenvalue weighted by molar-refractivity contribution is 5.97. The van der Waals surface area contributed by atoms with Gasteiger partial charge in [0, 0.05) is 43.0 Å². The molecule has 1 aliphatic rings. The van der Waals surface area contributed by atoms with E-state index in [1.54, 1.807) is 21.9 Å². The molecule has 0 bridgehead atoms. The number of benzene rings is 2. The molecule has 0 saturated carbocycles. The van der Waals surface area contributed by atoms with Gasteiger partial charge in [0.25, 0.3) is 0 Å². The minimum Gasteiger partial charge on any atom is -0.324 e. The molecule has 2 amide bonds. The molecule has 7 heteroatoms. The lowest BCUT2D eigenvalue weighted by molar-refractivity contribution is 0.100. The highest BCUT2D eigenvalue weighted by Crippen LogP contribution is 2.21. The number of likely N-dealkylation sites (N-methyl/N-ethyl adjacent to an activating group) is 1. The highest BCUT2D eigenvalue weighted by Gasteiger charge is 2.26. The molecule has 0 atom stereocenters. The van der Waals surface area contributed by atoms with Gasteiger partial charge < -0.3 is 15.5 Å². The van der Waals surface area contributed by atoms with Crippen molar-refractivity contribution in [2.75, 3.05) is 44.7 Å². The summed E-state index contributed by atoms with van der Waals surface area (Å²) in [5.41, 5.74) is 6.63. The first-order chi connectivity index (χ1) is 13.5. The first-order valence-electron chi connectivity index (χ1n) is 9.31. The zero-order valence-electron chi connectivity index (χ0n) is 16.0. The van der Waals surface area contributed by atoms with Gasteiger partial charge in [-0.15, -0.1) is 0 Å². The maximum absolute atomic E-state index is 14.6. The van der Waals surface area contributed by atoms with Crippen LogP contribution in [0.25, 0.3) is 0 Å². The van der Waals surface area contributed by atoms with Crippen LogP contribution in [-0.4, -0.2) is 61.4 Å². The van der Waals surface area contributed by atoms with Crippen LogP contribution in [-0.2, 0) is 6.54 Å². The summed E-state index contributed by atoms with van der Waals surface area (Å²) in [5, 5.41) is 0. The number of anilines is 1. The van der Waals surface area contributed by atoms with E-state index in [2.05, 4.69) is 4.90 Å². The van der Waals surface area contributed by atoms with E-state index in [4.69, 9.17) is 5.73 Å². The standard InChI is InChI=1S/C21H25FN4O2/c1-24-9-11-25(12-10-24)21(28)26(18-5-3-2-4-6-18)15-17-8-7-16(13-19(17)22)20(27)14-23/h2-8,13H,9-12,14-15,23H2,1H3. The van der Waals surface area contributed by atoms with Crippen molar-refractivity contribution in [2.24, 2.45) is 5.73 Å². The predicted molar refractivity (Wildman–Crippen MR) is 107 cm³/mol. The Kier molecular flexibility index (Phi) is 6.38. The van der Waals surface area contributed by atoms with Crippen molar-refractivity contribution in [2.45, 2.75) is 6.54 Å². The molecule has 2 aromatic carbocycles. The van der Waals surface area contributed by atoms with Gasteiger partial charge in [-0.2, -0.15) is 0 Å². The number of Topliss-reactive ketones (excluding diaryl/α,β-unsaturated/α-hetero) is 1. The summed E-state index contributed by atoms with van der Waals surface area (Å²) in [5.74, 6) is -0.842. The van der Waals surface area contributed by atoms with E-state index in [0.29, 0.717) is 24.3 Å². The Morgan fingerprint density at radius 3 is 2.36 bits per heavy atom. The maximum atomic E-state index is 14.6. The third kappa shape index (κ3) is 4.55. The molecule has 6 nitrogen and oxygen atoms in total. The number of urea groups is 1. The summed E-state index contributed by atoms with van der Waals surface area (Å²) < 4.78 is 14.6. The molecule has 1 aliphatic heterocycles. The molecule has 2 aromatic rings. The van der Waals surface area contributed by atoms with Gasteiger partial charge >= 0.3 is 6.03 Å². The summed E-state index contributed by atoms with van der Waals surface area (Å²) in [6.45, 7) is 2.78. The van der Waals surface area contributed by atoms with Crippen LogP contribution in [0.3, 0.4) is 0 Å². The summed E-state index contributed by atoms with van der Waals surface area (Å²) in [6, 6.07) is 13.4. The van der Waals surface area contributed by atoms with Crippen molar-refractivity contribution < 1.29 is 14.0 Å². The second-order valence-corrected chi connectivity index (χ2v) is 6.93. The molecule has 1 fully saturated rings. The summed E-state index contributed by atoms with van der Waals surface area (Å²) in [4.78, 5) is 30.4. The zero-order chi connectivity index (χ0) is 20.1. The van der Waals surface area contributed by atoms with Crippen molar-refractivity contribution >= 4 is 17.5 Å². The van der Waals surface area contributed by atoms with Crippen molar-refractivity contribution in [1.29, 1.82) is 0 Å². The Balaban J connectivity index is 1.86. The molecule has 1 saturated heterocycles. The number of hydrogen-bond acceptors (Lipinski definition) is 4. The van der Waals surface area contributed by atoms with Crippen LogP contribution in [0.1, 0.15) is 15.9 Å². The average Bonchev–Trinajstić information content (AvgIpc) is 2.73. The van der Waals surface area contributed by atoms with Crippen molar-refractivity contribution in [1.82, 2.24) is 9.80 Å². The number of piperazine rings is 1. The molecule has 0 aromatic heterocycles. The topological polar surface area (TPSA) is 69.9 Å². The van der Waals surface area contributed by atoms with E-state index < -0.39 is 5.82 Å². The first-order valence-corrected chi connectivity index (χ1v) is 9.31. The number of nitrogens with two attached hydrogens (primary N) is 1. The van der Waals surface area contributed by atoms with E-state index in [0.717, 1.165) is 13.1 Å². The molecule has 3 rings (SSSR count). The molecule has 148 valence electrons. The molecule has 0 aliphatic carbocycles. The van der Waals surface area contributed by atoms with Gasteiger partial charge in [-0.1, -0.05) is 30.3 Å². The average molecular weight is 384 g/mol. The SMILES string of the molecule is CN1CCN(C(=O)N(Cc2ccc(C(=O)CN)cc2F)c2ccccc2)CC1. The molecule has 2 N–H and O–H groups in total. The van der Waals surface area contributed by atoms with E-state index >= 15 is 0 Å². The zero-order valence-corrected chi connectivity index (χ0v) is 16.0. The normalized spacial score (nSPS) is 14.8. The summed E-state index contributed by atoms with van der Waals surface area (Å²) in [6.07, 6.45) is 0. The molecule has 28 heavy (non-hydrogen) atoms. The minimum atomic E-state index is -0.522. The number of amides is 2. The highest BCUT2D eigenvalue weighted by atomic mass is 19.1. The van der Waals surface area contributed by atoms with Crippen molar-refractivity contribution in [3.8, 4) is 0 Å². The van der Waals surface area contributed by atoms with E-state index in [1.807, 2.05) is 37.4 Å².